The summed E-state index contributed by atoms with van der Waals surface area (Å²) < 4.78 is 29.3. The molecule has 4 rings (SSSR count). The fourth-order valence-corrected chi connectivity index (χ4v) is 2.99. The molecule has 152 valence electrons. The average Bonchev–Trinajstić information content (AvgIpc) is 2.77. The Hall–Kier alpha value is -4.09. The topological polar surface area (TPSA) is 86.5 Å². The van der Waals surface area contributed by atoms with Gasteiger partial charge in [-0.3, -0.25) is 0 Å². The molecule has 9 heteroatoms. The summed E-state index contributed by atoms with van der Waals surface area (Å²) in [5, 5.41) is 14.7. The summed E-state index contributed by atoms with van der Waals surface area (Å²) in [5.41, 5.74) is 1.71. The lowest BCUT2D eigenvalue weighted by molar-refractivity contribution is 0.591. The monoisotopic (exact) mass is 434 g/mol. The van der Waals surface area contributed by atoms with E-state index >= 15 is 0 Å². The third-order valence-corrected chi connectivity index (χ3v) is 4.49. The summed E-state index contributed by atoms with van der Waals surface area (Å²) in [7, 11) is 0. The van der Waals surface area contributed by atoms with Crippen molar-refractivity contribution in [3.8, 4) is 17.2 Å². The van der Waals surface area contributed by atoms with E-state index in [1.807, 2.05) is 6.07 Å². The third kappa shape index (κ3) is 4.74. The van der Waals surface area contributed by atoms with Crippen molar-refractivity contribution in [3.63, 3.8) is 0 Å². The summed E-state index contributed by atoms with van der Waals surface area (Å²) >= 11 is 5.86. The standard InChI is InChI=1S/C22H13ClF2N6/c23-19-11-14(5-7-27-19)15-9-17(24)21(18(25)10-15)30-20-6-8-28-22(31-20)29-16-3-1-13(12-26)2-4-16/h1-11H,(H2,28,29,30,31). The van der Waals surface area contributed by atoms with Crippen LogP contribution in [0.1, 0.15) is 5.56 Å². The van der Waals surface area contributed by atoms with Gasteiger partial charge >= 0.3 is 0 Å². The molecule has 0 aliphatic rings. The van der Waals surface area contributed by atoms with Gasteiger partial charge < -0.3 is 10.6 Å². The van der Waals surface area contributed by atoms with Gasteiger partial charge in [-0.2, -0.15) is 10.2 Å². The van der Waals surface area contributed by atoms with Crippen molar-refractivity contribution in [2.24, 2.45) is 0 Å². The number of nitrogens with one attached hydrogen (secondary N) is 2. The molecule has 4 aromatic rings. The zero-order chi connectivity index (χ0) is 21.8. The van der Waals surface area contributed by atoms with E-state index in [4.69, 9.17) is 16.9 Å². The number of hydrogen-bond acceptors (Lipinski definition) is 6. The molecule has 0 spiro atoms. The number of aromatic nitrogens is 3. The predicted molar refractivity (Wildman–Crippen MR) is 114 cm³/mol. The van der Waals surface area contributed by atoms with E-state index in [1.165, 1.54) is 36.7 Å². The van der Waals surface area contributed by atoms with E-state index in [9.17, 15) is 8.78 Å². The van der Waals surface area contributed by atoms with Crippen molar-refractivity contribution in [2.45, 2.75) is 0 Å². The van der Waals surface area contributed by atoms with Crippen molar-refractivity contribution < 1.29 is 8.78 Å². The van der Waals surface area contributed by atoms with Crippen LogP contribution in [0.3, 0.4) is 0 Å². The average molecular weight is 435 g/mol. The molecule has 0 aliphatic carbocycles. The molecule has 6 nitrogen and oxygen atoms in total. The van der Waals surface area contributed by atoms with Crippen LogP contribution in [0, 0.1) is 23.0 Å². The van der Waals surface area contributed by atoms with Crippen LogP contribution in [0.25, 0.3) is 11.1 Å². The van der Waals surface area contributed by atoms with Crippen molar-refractivity contribution in [2.75, 3.05) is 10.6 Å². The number of anilines is 4. The number of nitriles is 1. The summed E-state index contributed by atoms with van der Waals surface area (Å²) in [4.78, 5) is 12.2. The quantitative estimate of drug-likeness (QED) is 0.384. The smallest absolute Gasteiger partial charge is 0.229 e. The largest absolute Gasteiger partial charge is 0.335 e. The second-order valence-corrected chi connectivity index (χ2v) is 6.77. The van der Waals surface area contributed by atoms with Crippen LogP contribution in [0.5, 0.6) is 0 Å². The van der Waals surface area contributed by atoms with E-state index in [-0.39, 0.29) is 22.6 Å². The molecule has 0 aliphatic heterocycles. The highest BCUT2D eigenvalue weighted by atomic mass is 35.5. The van der Waals surface area contributed by atoms with Crippen LogP contribution < -0.4 is 10.6 Å². The Morgan fingerprint density at radius 3 is 2.23 bits per heavy atom. The maximum atomic E-state index is 14.7. The molecule has 0 atom stereocenters. The molecular weight excluding hydrogens is 422 g/mol. The molecule has 0 unspecified atom stereocenters. The molecule has 2 aromatic carbocycles. The van der Waals surface area contributed by atoms with E-state index in [0.717, 1.165) is 0 Å². The van der Waals surface area contributed by atoms with E-state index < -0.39 is 11.6 Å². The molecule has 0 fully saturated rings. The zero-order valence-electron chi connectivity index (χ0n) is 15.8. The van der Waals surface area contributed by atoms with Gasteiger partial charge in [0.15, 0.2) is 0 Å². The molecule has 0 bridgehead atoms. The normalized spacial score (nSPS) is 10.4. The third-order valence-electron chi connectivity index (χ3n) is 4.28. The van der Waals surface area contributed by atoms with Crippen LogP contribution in [-0.4, -0.2) is 15.0 Å². The van der Waals surface area contributed by atoms with E-state index in [2.05, 4.69) is 25.6 Å². The first-order valence-electron chi connectivity index (χ1n) is 9.00. The predicted octanol–water partition coefficient (Wildman–Crippen LogP) is 5.83. The molecule has 0 radical (unpaired) electrons. The Balaban J connectivity index is 1.56. The van der Waals surface area contributed by atoms with Gasteiger partial charge in [0.05, 0.1) is 11.6 Å². The first-order chi connectivity index (χ1) is 15.0. The number of halogens is 3. The number of rotatable bonds is 5. The van der Waals surface area contributed by atoms with Crippen LogP contribution in [0.2, 0.25) is 5.15 Å². The van der Waals surface area contributed by atoms with Gasteiger partial charge in [-0.25, -0.2) is 18.7 Å². The zero-order valence-corrected chi connectivity index (χ0v) is 16.5. The SMILES string of the molecule is N#Cc1ccc(Nc2nccc(Nc3c(F)cc(-c4ccnc(Cl)c4)cc3F)n2)cc1. The highest BCUT2D eigenvalue weighted by Crippen LogP contribution is 2.30. The molecule has 0 amide bonds. The van der Waals surface area contributed by atoms with Crippen molar-refractivity contribution in [3.05, 3.63) is 89.3 Å². The minimum atomic E-state index is -0.789. The minimum Gasteiger partial charge on any atom is -0.335 e. The molecule has 2 heterocycles. The highest BCUT2D eigenvalue weighted by Gasteiger charge is 2.14. The summed E-state index contributed by atoms with van der Waals surface area (Å²) in [5.74, 6) is -1.16. The Morgan fingerprint density at radius 1 is 0.839 bits per heavy atom. The Labute approximate surface area is 181 Å². The van der Waals surface area contributed by atoms with Crippen molar-refractivity contribution >= 4 is 34.7 Å². The molecule has 0 saturated carbocycles. The molecule has 2 aromatic heterocycles. The molecule has 31 heavy (non-hydrogen) atoms. The van der Waals surface area contributed by atoms with Crippen LogP contribution >= 0.6 is 11.6 Å². The number of nitrogens with zero attached hydrogens (tertiary/aromatic N) is 4. The first kappa shape index (κ1) is 20.2. The van der Waals surface area contributed by atoms with E-state index in [1.54, 1.807) is 30.3 Å². The van der Waals surface area contributed by atoms with Gasteiger partial charge in [0.25, 0.3) is 0 Å². The minimum absolute atomic E-state index is 0.198. The first-order valence-corrected chi connectivity index (χ1v) is 9.38. The molecular formula is C22H13ClF2N6. The molecule has 0 saturated heterocycles. The Morgan fingerprint density at radius 2 is 1.55 bits per heavy atom. The van der Waals surface area contributed by atoms with Crippen LogP contribution in [0.15, 0.2) is 67.0 Å². The summed E-state index contributed by atoms with van der Waals surface area (Å²) in [6.07, 6.45) is 2.91. The summed E-state index contributed by atoms with van der Waals surface area (Å²) in [6, 6.07) is 15.7. The van der Waals surface area contributed by atoms with Crippen LogP contribution in [-0.2, 0) is 0 Å². The lowest BCUT2D eigenvalue weighted by Gasteiger charge is -2.12. The fourth-order valence-electron chi connectivity index (χ4n) is 2.82. The summed E-state index contributed by atoms with van der Waals surface area (Å²) in [6.45, 7) is 0. The number of benzene rings is 2. The maximum Gasteiger partial charge on any atom is 0.229 e. The van der Waals surface area contributed by atoms with Crippen LogP contribution in [0.4, 0.5) is 31.9 Å². The van der Waals surface area contributed by atoms with Gasteiger partial charge in [-0.05, 0) is 65.7 Å². The van der Waals surface area contributed by atoms with Gasteiger partial charge in [0.1, 0.15) is 28.3 Å². The number of pyridine rings is 1. The fraction of sp³-hybridized carbons (Fsp3) is 0. The highest BCUT2D eigenvalue weighted by molar-refractivity contribution is 6.29. The van der Waals surface area contributed by atoms with Crippen molar-refractivity contribution in [1.82, 2.24) is 15.0 Å². The Bertz CT molecular complexity index is 1260. The maximum absolute atomic E-state index is 14.7. The second kappa shape index (κ2) is 8.73. The van der Waals surface area contributed by atoms with Gasteiger partial charge in [-0.15, -0.1) is 0 Å². The van der Waals surface area contributed by atoms with Gasteiger partial charge in [-0.1, -0.05) is 11.6 Å². The number of hydrogen-bond donors (Lipinski definition) is 2. The van der Waals surface area contributed by atoms with Gasteiger partial charge in [0, 0.05) is 18.1 Å². The lowest BCUT2D eigenvalue weighted by Crippen LogP contribution is -2.03. The van der Waals surface area contributed by atoms with Gasteiger partial charge in [0.2, 0.25) is 5.95 Å². The second-order valence-electron chi connectivity index (χ2n) is 6.39. The van der Waals surface area contributed by atoms with Crippen molar-refractivity contribution in [1.29, 1.82) is 5.26 Å². The lowest BCUT2D eigenvalue weighted by atomic mass is 10.1. The Kier molecular flexibility index (Phi) is 5.69. The molecule has 2 N–H and O–H groups in total. The van der Waals surface area contributed by atoms with E-state index in [0.29, 0.717) is 22.4 Å².